The van der Waals surface area contributed by atoms with Crippen LogP contribution in [0.3, 0.4) is 0 Å². The van der Waals surface area contributed by atoms with Crippen molar-refractivity contribution >= 4 is 26.8 Å². The largest absolute Gasteiger partial charge is 0.374 e. The van der Waals surface area contributed by atoms with E-state index in [2.05, 4.69) is 28.0 Å². The van der Waals surface area contributed by atoms with Gasteiger partial charge in [0.05, 0.1) is 30.1 Å². The lowest BCUT2D eigenvalue weighted by Gasteiger charge is -2.43. The third-order valence-electron chi connectivity index (χ3n) is 8.38. The summed E-state index contributed by atoms with van der Waals surface area (Å²) in [6.07, 6.45) is 8.47. The minimum Gasteiger partial charge on any atom is -0.374 e. The second-order valence-electron chi connectivity index (χ2n) is 11.0. The van der Waals surface area contributed by atoms with Gasteiger partial charge in [-0.2, -0.15) is 5.10 Å². The van der Waals surface area contributed by atoms with Crippen LogP contribution in [0.2, 0.25) is 0 Å². The van der Waals surface area contributed by atoms with Crippen molar-refractivity contribution in [3.05, 3.63) is 30.0 Å². The Bertz CT molecular complexity index is 1200. The van der Waals surface area contributed by atoms with Crippen LogP contribution in [0, 0.1) is 5.92 Å². The number of aryl methyl sites for hydroxylation is 1. The molecule has 5 rings (SSSR count). The highest BCUT2D eigenvalue weighted by Gasteiger charge is 2.48. The summed E-state index contributed by atoms with van der Waals surface area (Å²) in [6, 6.07) is 6.19. The Labute approximate surface area is 212 Å². The van der Waals surface area contributed by atoms with E-state index in [-0.39, 0.29) is 19.4 Å². The molecule has 2 saturated carbocycles. The molecule has 1 aromatic heterocycles. The number of benzene rings is 1. The van der Waals surface area contributed by atoms with Gasteiger partial charge in [-0.1, -0.05) is 6.07 Å². The Morgan fingerprint density at radius 1 is 1.22 bits per heavy atom. The van der Waals surface area contributed by atoms with E-state index in [0.29, 0.717) is 31.4 Å². The van der Waals surface area contributed by atoms with Gasteiger partial charge >= 0.3 is 0 Å². The van der Waals surface area contributed by atoms with Gasteiger partial charge in [0.1, 0.15) is 0 Å². The highest BCUT2D eigenvalue weighted by molar-refractivity contribution is 7.88. The first kappa shape index (κ1) is 25.6. The van der Waals surface area contributed by atoms with Crippen LogP contribution in [0.5, 0.6) is 0 Å². The molecule has 3 aliphatic rings. The fourth-order valence-electron chi connectivity index (χ4n) is 6.02. The first-order valence-electron chi connectivity index (χ1n) is 13.1. The zero-order valence-electron chi connectivity index (χ0n) is 21.2. The number of halogens is 1. The molecule has 1 aliphatic heterocycles. The van der Waals surface area contributed by atoms with Gasteiger partial charge in [-0.15, -0.1) is 0 Å². The molecule has 8 nitrogen and oxygen atoms in total. The quantitative estimate of drug-likeness (QED) is 0.605. The second kappa shape index (κ2) is 10.0. The van der Waals surface area contributed by atoms with Crippen molar-refractivity contribution in [1.29, 1.82) is 0 Å². The Kier molecular flexibility index (Phi) is 7.13. The molecule has 0 spiro atoms. The Balaban J connectivity index is 1.17. The zero-order valence-corrected chi connectivity index (χ0v) is 22.0. The second-order valence-corrected chi connectivity index (χ2v) is 12.8. The molecule has 2 atom stereocenters. The number of alkyl halides is 1. The van der Waals surface area contributed by atoms with Crippen LogP contribution in [-0.2, 0) is 26.6 Å². The molecule has 36 heavy (non-hydrogen) atoms. The number of hydrogen-bond acceptors (Lipinski definition) is 5. The van der Waals surface area contributed by atoms with Gasteiger partial charge in [0.2, 0.25) is 10.0 Å². The van der Waals surface area contributed by atoms with Gasteiger partial charge in [-0.3, -0.25) is 9.48 Å². The number of sulfonamides is 1. The molecule has 0 bridgehead atoms. The normalized spacial score (nSPS) is 28.7. The molecular formula is C26H37FN4O4S. The van der Waals surface area contributed by atoms with Crippen LogP contribution in [0.4, 0.5) is 4.39 Å². The van der Waals surface area contributed by atoms with Crippen molar-refractivity contribution in [3.63, 3.8) is 0 Å². The van der Waals surface area contributed by atoms with Crippen LogP contribution >= 0.6 is 0 Å². The van der Waals surface area contributed by atoms with Crippen molar-refractivity contribution in [3.8, 4) is 0 Å². The molecule has 2 aromatic rings. The summed E-state index contributed by atoms with van der Waals surface area (Å²) in [7, 11) is -1.47. The molecule has 1 aromatic carbocycles. The number of piperidine rings is 1. The predicted octanol–water partition coefficient (Wildman–Crippen LogP) is 3.27. The van der Waals surface area contributed by atoms with Crippen LogP contribution in [-0.4, -0.2) is 72.8 Å². The summed E-state index contributed by atoms with van der Waals surface area (Å²) in [4.78, 5) is 14.3. The van der Waals surface area contributed by atoms with E-state index < -0.39 is 33.7 Å². The molecule has 2 heterocycles. The summed E-state index contributed by atoms with van der Waals surface area (Å²) in [5.74, 6) is 0.426. The highest BCUT2D eigenvalue weighted by atomic mass is 32.2. The minimum absolute atomic E-state index is 0.220. The number of likely N-dealkylation sites (tertiary alicyclic amines) is 1. The van der Waals surface area contributed by atoms with Crippen molar-refractivity contribution in [2.24, 2.45) is 13.0 Å². The summed E-state index contributed by atoms with van der Waals surface area (Å²) in [5.41, 5.74) is 0.734. The number of amides is 1. The summed E-state index contributed by atoms with van der Waals surface area (Å²) in [5, 5.41) is 5.51. The monoisotopic (exact) mass is 520 g/mol. The molecule has 1 amide bonds. The van der Waals surface area contributed by atoms with Crippen LogP contribution in [0.15, 0.2) is 24.4 Å². The molecule has 0 radical (unpaired) electrons. The van der Waals surface area contributed by atoms with Gasteiger partial charge < -0.3 is 9.64 Å². The van der Waals surface area contributed by atoms with E-state index in [0.717, 1.165) is 43.9 Å². The van der Waals surface area contributed by atoms with E-state index in [9.17, 15) is 17.6 Å². The van der Waals surface area contributed by atoms with E-state index in [1.54, 1.807) is 0 Å². The molecule has 198 valence electrons. The van der Waals surface area contributed by atoms with E-state index in [1.165, 1.54) is 15.8 Å². The van der Waals surface area contributed by atoms with Gasteiger partial charge in [-0.05, 0) is 80.9 Å². The topological polar surface area (TPSA) is 93.5 Å². The van der Waals surface area contributed by atoms with Crippen LogP contribution in [0.1, 0.15) is 62.8 Å². The number of nitrogens with one attached hydrogen (secondary N) is 1. The van der Waals surface area contributed by atoms with Crippen LogP contribution < -0.4 is 4.72 Å². The fraction of sp³-hybridized carbons (Fsp3) is 0.692. The highest BCUT2D eigenvalue weighted by Crippen LogP contribution is 2.39. The maximum absolute atomic E-state index is 14.8. The number of hydrogen-bond donors (Lipinski definition) is 1. The lowest BCUT2D eigenvalue weighted by atomic mass is 9.79. The maximum atomic E-state index is 14.8. The number of ether oxygens (including phenoxy) is 1. The van der Waals surface area contributed by atoms with Crippen molar-refractivity contribution in [2.45, 2.75) is 75.1 Å². The maximum Gasteiger partial charge on any atom is 0.260 e. The number of carbonyl (C=O) groups excluding carboxylic acids is 1. The van der Waals surface area contributed by atoms with Gasteiger partial charge in [0, 0.05) is 32.1 Å². The SMILES string of the molecule is Cn1ncc2cc(C3CCC(CO[C@@H]4CN(C(=O)C5(F)CCC5)CC[C@@H]4NS(C)(=O)=O)CC3)ccc21. The number of fused-ring (bicyclic) bond motifs is 1. The van der Waals surface area contributed by atoms with Crippen molar-refractivity contribution in [1.82, 2.24) is 19.4 Å². The van der Waals surface area contributed by atoms with Crippen molar-refractivity contribution in [2.75, 3.05) is 26.0 Å². The van der Waals surface area contributed by atoms with E-state index >= 15 is 0 Å². The molecule has 1 saturated heterocycles. The standard InChI is InChI=1S/C26H37FN4O4S/c1-30-23-9-8-20(14-21(23)15-28-30)19-6-4-18(5-7-19)17-35-24-16-31(25(32)26(27)11-3-12-26)13-10-22(24)29-36(2,33)34/h8-9,14-15,18-19,22,24,29H,3-7,10-13,16-17H2,1-2H3/t18?,19?,22-,24+/m0/s1. The van der Waals surface area contributed by atoms with Gasteiger partial charge in [0.15, 0.2) is 5.67 Å². The minimum atomic E-state index is -3.43. The molecule has 3 fully saturated rings. The molecule has 2 aliphatic carbocycles. The number of nitrogens with zero attached hydrogens (tertiary/aromatic N) is 3. The van der Waals surface area contributed by atoms with Crippen LogP contribution in [0.25, 0.3) is 10.9 Å². The lowest BCUT2D eigenvalue weighted by molar-refractivity contribution is -0.155. The van der Waals surface area contributed by atoms with E-state index in [1.807, 2.05) is 17.9 Å². The predicted molar refractivity (Wildman–Crippen MR) is 136 cm³/mol. The molecular weight excluding hydrogens is 483 g/mol. The average Bonchev–Trinajstić information content (AvgIpc) is 3.21. The smallest absolute Gasteiger partial charge is 0.260 e. The molecule has 0 unspecified atom stereocenters. The fourth-order valence-corrected chi connectivity index (χ4v) is 6.84. The molecule has 1 N–H and O–H groups in total. The Hall–Kier alpha value is -2.04. The third kappa shape index (κ3) is 5.45. The lowest BCUT2D eigenvalue weighted by Crippen LogP contribution is -2.60. The first-order chi connectivity index (χ1) is 17.1. The Morgan fingerprint density at radius 2 is 1.97 bits per heavy atom. The van der Waals surface area contributed by atoms with Gasteiger partial charge in [0.25, 0.3) is 5.91 Å². The average molecular weight is 521 g/mol. The molecule has 10 heteroatoms. The number of carbonyl (C=O) groups is 1. The van der Waals surface area contributed by atoms with E-state index in [4.69, 9.17) is 4.74 Å². The number of aromatic nitrogens is 2. The summed E-state index contributed by atoms with van der Waals surface area (Å²) < 4.78 is 49.5. The summed E-state index contributed by atoms with van der Waals surface area (Å²) in [6.45, 7) is 1.08. The number of rotatable bonds is 7. The first-order valence-corrected chi connectivity index (χ1v) is 15.0. The Morgan fingerprint density at radius 3 is 2.64 bits per heavy atom. The van der Waals surface area contributed by atoms with Crippen molar-refractivity contribution < 1.29 is 22.3 Å². The zero-order chi connectivity index (χ0) is 25.5. The van der Waals surface area contributed by atoms with Gasteiger partial charge in [-0.25, -0.2) is 17.5 Å². The third-order valence-corrected chi connectivity index (χ3v) is 9.11. The summed E-state index contributed by atoms with van der Waals surface area (Å²) >= 11 is 0.